The van der Waals surface area contributed by atoms with E-state index in [-0.39, 0.29) is 42.3 Å². The van der Waals surface area contributed by atoms with E-state index >= 15 is 0 Å². The maximum atomic E-state index is 14.0. The number of aliphatic hydroxyl groups excluding tert-OH is 1. The minimum Gasteiger partial charge on any atom is -0.381 e. The first-order valence-electron chi connectivity index (χ1n) is 15.5. The molecule has 0 radical (unpaired) electrons. The van der Waals surface area contributed by atoms with Crippen LogP contribution in [-0.4, -0.2) is 96.4 Å². The molecule has 232 valence electrons. The Kier molecular flexibility index (Phi) is 10.5. The lowest BCUT2D eigenvalue weighted by atomic mass is 9.98. The van der Waals surface area contributed by atoms with E-state index < -0.39 is 24.4 Å². The molecule has 43 heavy (non-hydrogen) atoms. The number of hydrogen-bond acceptors (Lipinski definition) is 7. The summed E-state index contributed by atoms with van der Waals surface area (Å²) >= 11 is 0. The minimum atomic E-state index is -1.14. The summed E-state index contributed by atoms with van der Waals surface area (Å²) in [5, 5.41) is 21.1. The first-order chi connectivity index (χ1) is 20.9. The van der Waals surface area contributed by atoms with Crippen LogP contribution in [0.5, 0.6) is 0 Å². The van der Waals surface area contributed by atoms with Crippen molar-refractivity contribution in [2.45, 2.75) is 75.5 Å². The van der Waals surface area contributed by atoms with Crippen LogP contribution in [0, 0.1) is 5.92 Å². The Labute approximate surface area is 254 Å². The summed E-state index contributed by atoms with van der Waals surface area (Å²) in [6, 6.07) is 17.4. The van der Waals surface area contributed by atoms with Crippen molar-refractivity contribution in [2.75, 3.05) is 33.4 Å². The van der Waals surface area contributed by atoms with Crippen molar-refractivity contribution >= 4 is 17.7 Å². The second-order valence-corrected chi connectivity index (χ2v) is 12.1. The highest BCUT2D eigenvalue weighted by atomic mass is 16.5. The number of carbonyl (C=O) groups excluding carboxylic acids is 3. The standard InChI is InChI=1S/C33H45N5O5/c1-22(34-2)31(40)35-27-20-37(29(39)19-23-16-18-43-21-23)17-15-26-13-14-28(38(26)33(27)42)32(41)36-30(24-9-5-3-6-10-24)25-11-7-4-8-12-25/h3-12,22-23,26-28,30,33-34,42H,13-21H2,1-2H3,(H,35,40)(H,36,41)/t22-,23-,26+,27-,28-,33?/m0/s1. The molecule has 3 saturated heterocycles. The summed E-state index contributed by atoms with van der Waals surface area (Å²) < 4.78 is 5.48. The Balaban J connectivity index is 1.37. The van der Waals surface area contributed by atoms with E-state index in [1.807, 2.05) is 65.6 Å². The van der Waals surface area contributed by atoms with E-state index in [9.17, 15) is 19.5 Å². The molecule has 10 nitrogen and oxygen atoms in total. The number of aliphatic hydroxyl groups is 1. The van der Waals surface area contributed by atoms with Gasteiger partial charge in [0.25, 0.3) is 0 Å². The van der Waals surface area contributed by atoms with Gasteiger partial charge in [-0.2, -0.15) is 0 Å². The quantitative estimate of drug-likeness (QED) is 0.351. The van der Waals surface area contributed by atoms with Crippen molar-refractivity contribution in [3.8, 4) is 0 Å². The van der Waals surface area contributed by atoms with Gasteiger partial charge in [0.2, 0.25) is 17.7 Å². The molecule has 0 bridgehead atoms. The molecule has 4 N–H and O–H groups in total. The molecule has 1 unspecified atom stereocenters. The van der Waals surface area contributed by atoms with E-state index in [0.717, 1.165) is 17.5 Å². The van der Waals surface area contributed by atoms with Crippen LogP contribution < -0.4 is 16.0 Å². The van der Waals surface area contributed by atoms with Gasteiger partial charge in [-0.05, 0) is 56.7 Å². The van der Waals surface area contributed by atoms with Crippen molar-refractivity contribution in [1.29, 1.82) is 0 Å². The molecule has 3 aliphatic rings. The van der Waals surface area contributed by atoms with E-state index in [1.165, 1.54) is 0 Å². The van der Waals surface area contributed by atoms with Crippen molar-refractivity contribution in [3.05, 3.63) is 71.8 Å². The molecule has 10 heteroatoms. The zero-order valence-corrected chi connectivity index (χ0v) is 25.2. The molecule has 0 aliphatic carbocycles. The molecule has 5 rings (SSSR count). The molecule has 3 aliphatic heterocycles. The normalized spacial score (nSPS) is 26.8. The Morgan fingerprint density at radius 2 is 1.65 bits per heavy atom. The van der Waals surface area contributed by atoms with Crippen LogP contribution in [0.4, 0.5) is 0 Å². The van der Waals surface area contributed by atoms with Crippen LogP contribution in [0.25, 0.3) is 0 Å². The molecule has 3 fully saturated rings. The molecule has 2 aromatic carbocycles. The minimum absolute atomic E-state index is 0.0120. The second kappa shape index (κ2) is 14.4. The van der Waals surface area contributed by atoms with E-state index in [2.05, 4.69) is 16.0 Å². The number of hydrogen-bond donors (Lipinski definition) is 4. The highest BCUT2D eigenvalue weighted by Gasteiger charge is 2.46. The summed E-state index contributed by atoms with van der Waals surface area (Å²) in [7, 11) is 1.70. The average Bonchev–Trinajstić information content (AvgIpc) is 3.70. The summed E-state index contributed by atoms with van der Waals surface area (Å²) in [6.45, 7) is 3.68. The smallest absolute Gasteiger partial charge is 0.238 e. The van der Waals surface area contributed by atoms with Crippen LogP contribution in [0.3, 0.4) is 0 Å². The molecular weight excluding hydrogens is 546 g/mol. The van der Waals surface area contributed by atoms with Gasteiger partial charge in [0, 0.05) is 38.8 Å². The van der Waals surface area contributed by atoms with Crippen molar-refractivity contribution in [2.24, 2.45) is 5.92 Å². The molecular formula is C33H45N5O5. The highest BCUT2D eigenvalue weighted by molar-refractivity contribution is 5.83. The van der Waals surface area contributed by atoms with Gasteiger partial charge in [-0.3, -0.25) is 19.3 Å². The van der Waals surface area contributed by atoms with Gasteiger partial charge < -0.3 is 30.7 Å². The zero-order valence-electron chi connectivity index (χ0n) is 25.2. The molecule has 0 aromatic heterocycles. The fourth-order valence-corrected chi connectivity index (χ4v) is 6.59. The third kappa shape index (κ3) is 7.44. The summed E-state index contributed by atoms with van der Waals surface area (Å²) in [6.07, 6.45) is 2.04. The predicted octanol–water partition coefficient (Wildman–Crippen LogP) is 1.80. The molecule has 6 atom stereocenters. The number of likely N-dealkylation sites (N-methyl/N-ethyl adjacent to an activating group) is 1. The number of carbonyl (C=O) groups is 3. The van der Waals surface area contributed by atoms with Gasteiger partial charge >= 0.3 is 0 Å². The van der Waals surface area contributed by atoms with E-state index in [0.29, 0.717) is 45.4 Å². The summed E-state index contributed by atoms with van der Waals surface area (Å²) in [5.74, 6) is -0.229. The fourth-order valence-electron chi connectivity index (χ4n) is 6.59. The predicted molar refractivity (Wildman–Crippen MR) is 163 cm³/mol. The largest absolute Gasteiger partial charge is 0.381 e. The SMILES string of the molecule is CN[C@@H](C)C(=O)N[C@H]1CN(C(=O)C[C@@H]2CCOC2)CC[C@H]2CC[C@@H](C(=O)NC(c3ccccc3)c3ccccc3)N2C1O. The van der Waals surface area contributed by atoms with Crippen molar-refractivity contribution < 1.29 is 24.2 Å². The third-order valence-electron chi connectivity index (χ3n) is 9.22. The zero-order chi connectivity index (χ0) is 30.3. The van der Waals surface area contributed by atoms with Gasteiger partial charge in [0.05, 0.1) is 24.2 Å². The Hall–Kier alpha value is -3.31. The topological polar surface area (TPSA) is 123 Å². The fraction of sp³-hybridized carbons (Fsp3) is 0.545. The Morgan fingerprint density at radius 1 is 0.977 bits per heavy atom. The second-order valence-electron chi connectivity index (χ2n) is 12.1. The van der Waals surface area contributed by atoms with Crippen molar-refractivity contribution in [1.82, 2.24) is 25.8 Å². The Bertz CT molecular complexity index is 1190. The first-order valence-corrected chi connectivity index (χ1v) is 15.5. The number of benzene rings is 2. The highest BCUT2D eigenvalue weighted by Crippen LogP contribution is 2.33. The van der Waals surface area contributed by atoms with Crippen LogP contribution >= 0.6 is 0 Å². The Morgan fingerprint density at radius 3 is 2.26 bits per heavy atom. The third-order valence-corrected chi connectivity index (χ3v) is 9.22. The lowest BCUT2D eigenvalue weighted by molar-refractivity contribution is -0.143. The van der Waals surface area contributed by atoms with Gasteiger partial charge in [0.15, 0.2) is 0 Å². The molecule has 0 spiro atoms. The van der Waals surface area contributed by atoms with Gasteiger partial charge in [-0.25, -0.2) is 0 Å². The van der Waals surface area contributed by atoms with E-state index in [1.54, 1.807) is 18.9 Å². The monoisotopic (exact) mass is 591 g/mol. The number of nitrogens with one attached hydrogen (secondary N) is 3. The van der Waals surface area contributed by atoms with Gasteiger partial charge in [0.1, 0.15) is 6.23 Å². The number of nitrogens with zero attached hydrogens (tertiary/aromatic N) is 2. The molecule has 3 amide bonds. The summed E-state index contributed by atoms with van der Waals surface area (Å²) in [4.78, 5) is 44.1. The maximum absolute atomic E-state index is 14.0. The van der Waals surface area contributed by atoms with Crippen LogP contribution in [0.1, 0.15) is 56.2 Å². The number of ether oxygens (including phenoxy) is 1. The lowest BCUT2D eigenvalue weighted by Crippen LogP contribution is -2.64. The molecule has 2 aromatic rings. The number of amides is 3. The van der Waals surface area contributed by atoms with Crippen LogP contribution in [-0.2, 0) is 19.1 Å². The lowest BCUT2D eigenvalue weighted by Gasteiger charge is -2.43. The average molecular weight is 592 g/mol. The molecule has 0 saturated carbocycles. The first kappa shape index (κ1) is 31.1. The number of fused-ring (bicyclic) bond motifs is 1. The summed E-state index contributed by atoms with van der Waals surface area (Å²) in [5.41, 5.74) is 1.94. The van der Waals surface area contributed by atoms with Crippen molar-refractivity contribution in [3.63, 3.8) is 0 Å². The van der Waals surface area contributed by atoms with Gasteiger partial charge in [-0.1, -0.05) is 60.7 Å². The van der Waals surface area contributed by atoms with Gasteiger partial charge in [-0.15, -0.1) is 0 Å². The molecule has 3 heterocycles. The van der Waals surface area contributed by atoms with E-state index in [4.69, 9.17) is 4.74 Å². The van der Waals surface area contributed by atoms with Crippen LogP contribution in [0.15, 0.2) is 60.7 Å². The number of rotatable bonds is 9. The maximum Gasteiger partial charge on any atom is 0.238 e. The van der Waals surface area contributed by atoms with Crippen LogP contribution in [0.2, 0.25) is 0 Å².